The third-order valence-corrected chi connectivity index (χ3v) is 3.87. The number of hydrogen-bond donors (Lipinski definition) is 1. The third-order valence-electron chi connectivity index (χ3n) is 3.87. The summed E-state index contributed by atoms with van der Waals surface area (Å²) in [4.78, 5) is 12.2. The molecule has 0 amide bonds. The molecule has 0 aliphatic heterocycles. The van der Waals surface area contributed by atoms with Crippen LogP contribution in [0.25, 0.3) is 11.0 Å². The van der Waals surface area contributed by atoms with Gasteiger partial charge in [0.05, 0.1) is 17.5 Å². The molecule has 1 aromatic carbocycles. The molecule has 3 aromatic rings. The number of aryl methyl sites for hydroxylation is 1. The highest BCUT2D eigenvalue weighted by Crippen LogP contribution is 2.27. The molecule has 0 aliphatic rings. The van der Waals surface area contributed by atoms with E-state index >= 15 is 0 Å². The first-order valence-corrected chi connectivity index (χ1v) is 7.20. The molecule has 0 radical (unpaired) electrons. The van der Waals surface area contributed by atoms with E-state index in [0.29, 0.717) is 5.92 Å². The number of H-pyrrole nitrogens is 1. The number of nitrogens with one attached hydrogen (secondary N) is 1. The van der Waals surface area contributed by atoms with Crippen LogP contribution in [0.15, 0.2) is 48.9 Å². The van der Waals surface area contributed by atoms with E-state index in [2.05, 4.69) is 52.2 Å². The van der Waals surface area contributed by atoms with Gasteiger partial charge in [-0.05, 0) is 30.9 Å². The molecule has 0 saturated carbocycles. The normalized spacial score (nSPS) is 12.7. The molecule has 0 bridgehead atoms. The van der Waals surface area contributed by atoms with Gasteiger partial charge < -0.3 is 4.98 Å². The Kier molecular flexibility index (Phi) is 3.77. The molecule has 1 unspecified atom stereocenters. The van der Waals surface area contributed by atoms with E-state index in [9.17, 15) is 0 Å². The van der Waals surface area contributed by atoms with Crippen molar-refractivity contribution in [2.45, 2.75) is 32.1 Å². The standard InChI is InChI=1S/C17H19N3/c1-2-14(9-8-13-6-4-3-5-7-13)16-17-15(10-11-18-16)19-12-20-17/h3-7,10-12,14H,2,8-9H2,1H3,(H,19,20). The predicted molar refractivity (Wildman–Crippen MR) is 81.7 cm³/mol. The molecule has 3 nitrogen and oxygen atoms in total. The maximum absolute atomic E-state index is 4.58. The highest BCUT2D eigenvalue weighted by atomic mass is 14.9. The van der Waals surface area contributed by atoms with Gasteiger partial charge in [-0.25, -0.2) is 4.98 Å². The van der Waals surface area contributed by atoms with E-state index in [0.717, 1.165) is 36.0 Å². The lowest BCUT2D eigenvalue weighted by molar-refractivity contribution is 0.594. The van der Waals surface area contributed by atoms with Gasteiger partial charge in [-0.3, -0.25) is 4.98 Å². The minimum Gasteiger partial charge on any atom is -0.344 e. The molecule has 0 saturated heterocycles. The van der Waals surface area contributed by atoms with E-state index in [1.54, 1.807) is 6.33 Å². The topological polar surface area (TPSA) is 41.6 Å². The summed E-state index contributed by atoms with van der Waals surface area (Å²) in [6.45, 7) is 2.23. The first-order chi connectivity index (χ1) is 9.88. The van der Waals surface area contributed by atoms with Gasteiger partial charge in [-0.2, -0.15) is 0 Å². The average Bonchev–Trinajstić information content (AvgIpc) is 2.98. The zero-order valence-corrected chi connectivity index (χ0v) is 11.7. The molecule has 1 atom stereocenters. The monoisotopic (exact) mass is 265 g/mol. The van der Waals surface area contributed by atoms with Gasteiger partial charge in [-0.1, -0.05) is 37.3 Å². The van der Waals surface area contributed by atoms with Gasteiger partial charge in [0.25, 0.3) is 0 Å². The minimum atomic E-state index is 0.460. The van der Waals surface area contributed by atoms with Gasteiger partial charge in [0, 0.05) is 12.1 Å². The fraction of sp³-hybridized carbons (Fsp3) is 0.294. The number of hydrogen-bond acceptors (Lipinski definition) is 2. The molecule has 2 aromatic heterocycles. The Labute approximate surface area is 119 Å². The first-order valence-electron chi connectivity index (χ1n) is 7.20. The Morgan fingerprint density at radius 1 is 1.10 bits per heavy atom. The van der Waals surface area contributed by atoms with Crippen molar-refractivity contribution in [3.05, 3.63) is 60.2 Å². The van der Waals surface area contributed by atoms with Crippen molar-refractivity contribution in [3.63, 3.8) is 0 Å². The third kappa shape index (κ3) is 2.57. The fourth-order valence-corrected chi connectivity index (χ4v) is 2.71. The zero-order valence-electron chi connectivity index (χ0n) is 11.7. The van der Waals surface area contributed by atoms with Crippen molar-refractivity contribution in [1.29, 1.82) is 0 Å². The predicted octanol–water partition coefficient (Wildman–Crippen LogP) is 4.08. The second kappa shape index (κ2) is 5.87. The number of fused-ring (bicyclic) bond motifs is 1. The van der Waals surface area contributed by atoms with Crippen LogP contribution in [0, 0.1) is 0 Å². The van der Waals surface area contributed by atoms with Crippen LogP contribution in [0.5, 0.6) is 0 Å². The zero-order chi connectivity index (χ0) is 13.8. The average molecular weight is 265 g/mol. The Bertz CT molecular complexity index is 673. The van der Waals surface area contributed by atoms with E-state index < -0.39 is 0 Å². The quantitative estimate of drug-likeness (QED) is 0.755. The van der Waals surface area contributed by atoms with Crippen LogP contribution in [0.2, 0.25) is 0 Å². The van der Waals surface area contributed by atoms with Gasteiger partial charge in [0.15, 0.2) is 0 Å². The molecule has 1 N–H and O–H groups in total. The van der Waals surface area contributed by atoms with Crippen molar-refractivity contribution in [2.24, 2.45) is 0 Å². The Morgan fingerprint density at radius 3 is 2.75 bits per heavy atom. The van der Waals surface area contributed by atoms with Gasteiger partial charge in [0.1, 0.15) is 5.52 Å². The lowest BCUT2D eigenvalue weighted by Crippen LogP contribution is -2.03. The van der Waals surface area contributed by atoms with Crippen LogP contribution in [-0.4, -0.2) is 15.0 Å². The first kappa shape index (κ1) is 12.9. The van der Waals surface area contributed by atoms with Crippen molar-refractivity contribution in [3.8, 4) is 0 Å². The van der Waals surface area contributed by atoms with E-state index in [1.165, 1.54) is 5.56 Å². The van der Waals surface area contributed by atoms with Crippen LogP contribution in [-0.2, 0) is 6.42 Å². The second-order valence-corrected chi connectivity index (χ2v) is 5.12. The fourth-order valence-electron chi connectivity index (χ4n) is 2.71. The van der Waals surface area contributed by atoms with Crippen molar-refractivity contribution in [2.75, 3.05) is 0 Å². The molecule has 0 fully saturated rings. The molecule has 20 heavy (non-hydrogen) atoms. The van der Waals surface area contributed by atoms with Crippen LogP contribution in [0.4, 0.5) is 0 Å². The number of nitrogens with zero attached hydrogens (tertiary/aromatic N) is 2. The number of aromatic nitrogens is 3. The number of rotatable bonds is 5. The smallest absolute Gasteiger partial charge is 0.110 e. The molecule has 3 heteroatoms. The number of aromatic amines is 1. The summed E-state index contributed by atoms with van der Waals surface area (Å²) in [5.41, 5.74) is 4.61. The largest absolute Gasteiger partial charge is 0.344 e. The van der Waals surface area contributed by atoms with E-state index in [1.807, 2.05) is 12.3 Å². The summed E-state index contributed by atoms with van der Waals surface area (Å²) in [5.74, 6) is 0.460. The number of imidazole rings is 1. The lowest BCUT2D eigenvalue weighted by atomic mass is 9.93. The van der Waals surface area contributed by atoms with Crippen molar-refractivity contribution < 1.29 is 0 Å². The number of benzene rings is 1. The number of pyridine rings is 1. The van der Waals surface area contributed by atoms with Gasteiger partial charge in [-0.15, -0.1) is 0 Å². The molecule has 0 spiro atoms. The van der Waals surface area contributed by atoms with E-state index in [4.69, 9.17) is 0 Å². The highest BCUT2D eigenvalue weighted by molar-refractivity contribution is 5.76. The Morgan fingerprint density at radius 2 is 1.95 bits per heavy atom. The van der Waals surface area contributed by atoms with Crippen molar-refractivity contribution >= 4 is 11.0 Å². The molecule has 0 aliphatic carbocycles. The Hall–Kier alpha value is -2.16. The molecule has 3 rings (SSSR count). The van der Waals surface area contributed by atoms with E-state index in [-0.39, 0.29) is 0 Å². The summed E-state index contributed by atoms with van der Waals surface area (Å²) < 4.78 is 0. The maximum Gasteiger partial charge on any atom is 0.110 e. The Balaban J connectivity index is 1.81. The van der Waals surface area contributed by atoms with Crippen LogP contribution >= 0.6 is 0 Å². The summed E-state index contributed by atoms with van der Waals surface area (Å²) in [7, 11) is 0. The lowest BCUT2D eigenvalue weighted by Gasteiger charge is -2.14. The highest BCUT2D eigenvalue weighted by Gasteiger charge is 2.15. The molecular weight excluding hydrogens is 246 g/mol. The minimum absolute atomic E-state index is 0.460. The maximum atomic E-state index is 4.58. The van der Waals surface area contributed by atoms with Gasteiger partial charge in [0.2, 0.25) is 0 Å². The summed E-state index contributed by atoms with van der Waals surface area (Å²) in [5, 5.41) is 0. The van der Waals surface area contributed by atoms with Crippen LogP contribution < -0.4 is 0 Å². The van der Waals surface area contributed by atoms with Crippen LogP contribution in [0.1, 0.15) is 36.9 Å². The second-order valence-electron chi connectivity index (χ2n) is 5.12. The summed E-state index contributed by atoms with van der Waals surface area (Å²) in [6, 6.07) is 12.6. The van der Waals surface area contributed by atoms with Crippen LogP contribution in [0.3, 0.4) is 0 Å². The summed E-state index contributed by atoms with van der Waals surface area (Å²) in [6.07, 6.45) is 6.91. The SMILES string of the molecule is CCC(CCc1ccccc1)c1nccc2[nH]cnc12. The van der Waals surface area contributed by atoms with Gasteiger partial charge >= 0.3 is 0 Å². The molecular formula is C17H19N3. The van der Waals surface area contributed by atoms with Crippen molar-refractivity contribution in [1.82, 2.24) is 15.0 Å². The molecule has 102 valence electrons. The summed E-state index contributed by atoms with van der Waals surface area (Å²) >= 11 is 0. The molecule has 2 heterocycles.